The summed E-state index contributed by atoms with van der Waals surface area (Å²) in [4.78, 5) is 31.1. The highest BCUT2D eigenvalue weighted by Gasteiger charge is 2.54. The van der Waals surface area contributed by atoms with E-state index in [2.05, 4.69) is 55.1 Å². The lowest BCUT2D eigenvalue weighted by Gasteiger charge is -2.47. The first-order chi connectivity index (χ1) is 24.8. The van der Waals surface area contributed by atoms with E-state index in [1.165, 1.54) is 11.8 Å². The van der Waals surface area contributed by atoms with Crippen LogP contribution in [-0.2, 0) is 23.4 Å². The van der Waals surface area contributed by atoms with Gasteiger partial charge in [0.25, 0.3) is 8.32 Å². The highest BCUT2D eigenvalue weighted by atomic mass is 32.2. The van der Waals surface area contributed by atoms with E-state index in [1.807, 2.05) is 66.7 Å². The smallest absolute Gasteiger partial charge is 0.454 e. The molecule has 5 rings (SSSR count). The zero-order valence-electron chi connectivity index (χ0n) is 30.2. The van der Waals surface area contributed by atoms with Gasteiger partial charge in [0, 0.05) is 9.81 Å². The molecule has 5 atom stereocenters. The van der Waals surface area contributed by atoms with Gasteiger partial charge in [-0.1, -0.05) is 135 Å². The van der Waals surface area contributed by atoms with Crippen molar-refractivity contribution in [3.63, 3.8) is 0 Å². The normalized spacial score (nSPS) is 20.6. The van der Waals surface area contributed by atoms with Crippen LogP contribution in [0.25, 0.3) is 10.4 Å². The van der Waals surface area contributed by atoms with Gasteiger partial charge in [0.15, 0.2) is 12.2 Å². The van der Waals surface area contributed by atoms with Crippen LogP contribution < -0.4 is 10.4 Å². The van der Waals surface area contributed by atoms with Crippen LogP contribution >= 0.6 is 11.8 Å². The predicted octanol–water partition coefficient (Wildman–Crippen LogP) is 8.31. The molecule has 0 spiro atoms. The van der Waals surface area contributed by atoms with Gasteiger partial charge in [-0.25, -0.2) is 9.59 Å². The molecule has 52 heavy (non-hydrogen) atoms. The molecule has 1 fully saturated rings. The fourth-order valence-corrected chi connectivity index (χ4v) is 12.0. The standard InChI is InChI=1S/C40H45N3O7SSi/c1-39(2,3)50-38(45)49-34-32(27-46-52(40(4,5)6,30-23-15-9-16-24-30)31-25-17-10-18-26-31)47-37(51-29-21-13-8-14-22-29)33(42-43-41)35(34)48-36(44)28-19-11-7-12-20-28/h7-26,32-35,37H,27H2,1-6H3/t32-,33-,34-,35-,37+/m1/s1. The maximum atomic E-state index is 13.7. The Balaban J connectivity index is 1.63. The Morgan fingerprint density at radius 3 is 1.79 bits per heavy atom. The Kier molecular flexibility index (Phi) is 12.5. The molecular formula is C40H45N3O7SSi. The molecule has 0 aliphatic carbocycles. The summed E-state index contributed by atoms with van der Waals surface area (Å²) in [6.07, 6.45) is -4.55. The minimum Gasteiger partial charge on any atom is -0.454 e. The van der Waals surface area contributed by atoms with Gasteiger partial charge in [-0.2, -0.15) is 0 Å². The van der Waals surface area contributed by atoms with E-state index in [4.69, 9.17) is 23.4 Å². The number of carbonyl (C=O) groups is 2. The molecule has 12 heteroatoms. The molecule has 0 aromatic heterocycles. The number of nitrogens with zero attached hydrogens (tertiary/aromatic N) is 3. The third-order valence-electron chi connectivity index (χ3n) is 8.55. The average molecular weight is 740 g/mol. The highest BCUT2D eigenvalue weighted by Crippen LogP contribution is 2.41. The summed E-state index contributed by atoms with van der Waals surface area (Å²) in [7, 11) is -3.12. The topological polar surface area (TPSA) is 129 Å². The van der Waals surface area contributed by atoms with E-state index >= 15 is 0 Å². The van der Waals surface area contributed by atoms with Gasteiger partial charge in [0.1, 0.15) is 23.2 Å². The van der Waals surface area contributed by atoms with Gasteiger partial charge in [0.05, 0.1) is 12.2 Å². The van der Waals surface area contributed by atoms with E-state index in [0.717, 1.165) is 15.3 Å². The van der Waals surface area contributed by atoms with Gasteiger partial charge in [0.2, 0.25) is 0 Å². The summed E-state index contributed by atoms with van der Waals surface area (Å²) in [6.45, 7) is 11.6. The largest absolute Gasteiger partial charge is 0.509 e. The predicted molar refractivity (Wildman–Crippen MR) is 204 cm³/mol. The van der Waals surface area contributed by atoms with Gasteiger partial charge in [-0.3, -0.25) is 0 Å². The molecule has 0 radical (unpaired) electrons. The lowest BCUT2D eigenvalue weighted by Crippen LogP contribution is -2.68. The summed E-state index contributed by atoms with van der Waals surface area (Å²) < 4.78 is 31.9. The maximum absolute atomic E-state index is 13.7. The van der Waals surface area contributed by atoms with Crippen LogP contribution in [0.5, 0.6) is 0 Å². The van der Waals surface area contributed by atoms with Gasteiger partial charge in [-0.05, 0) is 66.0 Å². The molecule has 1 saturated heterocycles. The van der Waals surface area contributed by atoms with Gasteiger partial charge < -0.3 is 23.4 Å². The van der Waals surface area contributed by atoms with Crippen molar-refractivity contribution in [1.29, 1.82) is 0 Å². The monoisotopic (exact) mass is 739 g/mol. The van der Waals surface area contributed by atoms with Crippen LogP contribution in [0.15, 0.2) is 131 Å². The lowest BCUT2D eigenvalue weighted by atomic mass is 9.98. The zero-order chi connectivity index (χ0) is 37.4. The van der Waals surface area contributed by atoms with Crippen LogP contribution in [0.1, 0.15) is 51.9 Å². The molecule has 272 valence electrons. The Hall–Kier alpha value is -4.58. The summed E-state index contributed by atoms with van der Waals surface area (Å²) in [6, 6.07) is 37.1. The molecule has 1 aliphatic rings. The Bertz CT molecular complexity index is 1780. The number of esters is 1. The first kappa shape index (κ1) is 38.6. The fraction of sp³-hybridized carbons (Fsp3) is 0.350. The SMILES string of the molecule is CC(C)(C)OC(=O)O[C@H]1[C@H](OC(=O)c2ccccc2)[C@@H](N=[N+]=[N-])[C@H](Sc2ccccc2)O[C@@H]1CO[Si](c1ccccc1)(c1ccccc1)C(C)(C)C. The van der Waals surface area contributed by atoms with Crippen molar-refractivity contribution >= 4 is 42.6 Å². The lowest BCUT2D eigenvalue weighted by molar-refractivity contribution is -0.177. The van der Waals surface area contributed by atoms with E-state index in [0.29, 0.717) is 0 Å². The van der Waals surface area contributed by atoms with E-state index < -0.39 is 55.8 Å². The van der Waals surface area contributed by atoms with Crippen molar-refractivity contribution in [3.05, 3.63) is 137 Å². The van der Waals surface area contributed by atoms with Crippen LogP contribution in [0, 0.1) is 0 Å². The minimum atomic E-state index is -3.12. The summed E-state index contributed by atoms with van der Waals surface area (Å²) in [5.41, 5.74) is 8.33. The fourth-order valence-electron chi connectivity index (χ4n) is 6.34. The zero-order valence-corrected chi connectivity index (χ0v) is 32.1. The van der Waals surface area contributed by atoms with Gasteiger partial charge in [-0.15, -0.1) is 0 Å². The van der Waals surface area contributed by atoms with Crippen LogP contribution in [0.2, 0.25) is 5.04 Å². The minimum absolute atomic E-state index is 0.0605. The van der Waals surface area contributed by atoms with Crippen molar-refractivity contribution in [2.24, 2.45) is 5.11 Å². The van der Waals surface area contributed by atoms with Crippen molar-refractivity contribution in [3.8, 4) is 0 Å². The summed E-state index contributed by atoms with van der Waals surface area (Å²) in [5, 5.41) is 5.80. The maximum Gasteiger partial charge on any atom is 0.509 e. The molecular weight excluding hydrogens is 695 g/mol. The number of azide groups is 1. The molecule has 0 saturated carbocycles. The second kappa shape index (κ2) is 16.8. The third kappa shape index (κ3) is 9.25. The number of ether oxygens (including phenoxy) is 4. The van der Waals surface area contributed by atoms with Crippen molar-refractivity contribution in [1.82, 2.24) is 0 Å². The van der Waals surface area contributed by atoms with E-state index in [1.54, 1.807) is 51.1 Å². The van der Waals surface area contributed by atoms with Crippen molar-refractivity contribution < 1.29 is 33.0 Å². The van der Waals surface area contributed by atoms with Crippen LogP contribution in [-0.4, -0.2) is 62.4 Å². The number of hydrogen-bond acceptors (Lipinski definition) is 9. The average Bonchev–Trinajstić information content (AvgIpc) is 3.11. The molecule has 0 amide bonds. The van der Waals surface area contributed by atoms with Crippen molar-refractivity contribution in [2.45, 2.75) is 86.9 Å². The quantitative estimate of drug-likeness (QED) is 0.0494. The number of rotatable bonds is 11. The second-order valence-electron chi connectivity index (χ2n) is 14.4. The highest BCUT2D eigenvalue weighted by molar-refractivity contribution is 7.99. The molecule has 1 heterocycles. The van der Waals surface area contributed by atoms with Gasteiger partial charge >= 0.3 is 12.1 Å². The summed E-state index contributed by atoms with van der Waals surface area (Å²) in [5.74, 6) is -0.682. The first-order valence-electron chi connectivity index (χ1n) is 17.1. The molecule has 0 bridgehead atoms. The first-order valence-corrected chi connectivity index (χ1v) is 19.9. The van der Waals surface area contributed by atoms with Crippen LogP contribution in [0.4, 0.5) is 4.79 Å². The summed E-state index contributed by atoms with van der Waals surface area (Å²) >= 11 is 1.31. The molecule has 0 N–H and O–H groups in total. The van der Waals surface area contributed by atoms with E-state index in [-0.39, 0.29) is 17.2 Å². The Labute approximate surface area is 310 Å². The van der Waals surface area contributed by atoms with E-state index in [9.17, 15) is 15.1 Å². The Morgan fingerprint density at radius 1 is 0.769 bits per heavy atom. The van der Waals surface area contributed by atoms with Crippen LogP contribution in [0.3, 0.4) is 0 Å². The molecule has 10 nitrogen and oxygen atoms in total. The second-order valence-corrected chi connectivity index (χ2v) is 19.9. The Morgan fingerprint density at radius 2 is 1.29 bits per heavy atom. The number of carbonyl (C=O) groups excluding carboxylic acids is 2. The third-order valence-corrected chi connectivity index (χ3v) is 14.7. The number of thioether (sulfide) groups is 1. The molecule has 0 unspecified atom stereocenters. The molecule has 4 aromatic carbocycles. The molecule has 1 aliphatic heterocycles. The van der Waals surface area contributed by atoms with Crippen molar-refractivity contribution in [2.75, 3.05) is 6.61 Å². The number of hydrogen-bond donors (Lipinski definition) is 0. The molecule has 4 aromatic rings. The number of benzene rings is 4.